The van der Waals surface area contributed by atoms with Gasteiger partial charge in [-0.05, 0) is 37.6 Å². The molecule has 2 rings (SSSR count). The lowest BCUT2D eigenvalue weighted by atomic mass is 10.1. The van der Waals surface area contributed by atoms with E-state index in [1.165, 1.54) is 5.56 Å². The predicted molar refractivity (Wildman–Crippen MR) is 68.9 cm³/mol. The van der Waals surface area contributed by atoms with Gasteiger partial charge in [0.25, 0.3) is 0 Å². The Bertz CT molecular complexity index is 532. The molecule has 0 saturated heterocycles. The van der Waals surface area contributed by atoms with Gasteiger partial charge in [0, 0.05) is 11.1 Å². The average molecular weight is 234 g/mol. The van der Waals surface area contributed by atoms with E-state index in [9.17, 15) is 0 Å². The topological polar surface area (TPSA) is 60.3 Å². The first-order valence-corrected chi connectivity index (χ1v) is 5.65. The molecule has 0 aliphatic heterocycles. The first kappa shape index (κ1) is 11.8. The minimum atomic E-state index is 0.619. The molecule has 1 aromatic heterocycles. The van der Waals surface area contributed by atoms with Crippen LogP contribution in [0.2, 0.25) is 0 Å². The second-order valence-electron chi connectivity index (χ2n) is 3.99. The second-order valence-corrected chi connectivity index (χ2v) is 3.99. The van der Waals surface area contributed by atoms with Crippen LogP contribution in [0.15, 0.2) is 12.1 Å². The first-order valence-electron chi connectivity index (χ1n) is 5.65. The molecule has 0 unspecified atom stereocenters. The summed E-state index contributed by atoms with van der Waals surface area (Å²) in [5, 5.41) is 1.08. The van der Waals surface area contributed by atoms with Crippen LogP contribution in [-0.4, -0.2) is 25.7 Å². The quantitative estimate of drug-likeness (QED) is 0.850. The maximum Gasteiger partial charge on any atom is 0.143 e. The molecule has 0 spiro atoms. The Kier molecular flexibility index (Phi) is 3.24. The molecule has 4 nitrogen and oxygen atoms in total. The van der Waals surface area contributed by atoms with Crippen molar-refractivity contribution < 1.29 is 9.47 Å². The van der Waals surface area contributed by atoms with Gasteiger partial charge in [0.15, 0.2) is 0 Å². The van der Waals surface area contributed by atoms with E-state index in [4.69, 9.17) is 15.2 Å². The smallest absolute Gasteiger partial charge is 0.143 e. The Morgan fingerprint density at radius 1 is 1.18 bits per heavy atom. The van der Waals surface area contributed by atoms with E-state index in [1.54, 1.807) is 14.2 Å². The molecule has 0 radical (unpaired) electrons. The van der Waals surface area contributed by atoms with Crippen LogP contribution in [0.5, 0.6) is 11.5 Å². The lowest BCUT2D eigenvalue weighted by Gasteiger charge is -2.07. The number of aromatic amines is 1. The summed E-state index contributed by atoms with van der Waals surface area (Å²) in [5.74, 6) is 1.68. The lowest BCUT2D eigenvalue weighted by molar-refractivity contribution is 0.410. The molecule has 2 aromatic rings. The first-order chi connectivity index (χ1) is 8.22. The van der Waals surface area contributed by atoms with Gasteiger partial charge in [0.2, 0.25) is 0 Å². The molecule has 92 valence electrons. The van der Waals surface area contributed by atoms with Crippen molar-refractivity contribution in [2.75, 3.05) is 20.8 Å². The van der Waals surface area contributed by atoms with Crippen LogP contribution < -0.4 is 15.2 Å². The predicted octanol–water partition coefficient (Wildman–Crippen LogP) is 1.99. The summed E-state index contributed by atoms with van der Waals surface area (Å²) in [6.07, 6.45) is 0.829. The van der Waals surface area contributed by atoms with Gasteiger partial charge < -0.3 is 20.2 Å². The van der Waals surface area contributed by atoms with Gasteiger partial charge in [-0.2, -0.15) is 0 Å². The molecule has 0 amide bonds. The average Bonchev–Trinajstić information content (AvgIpc) is 2.66. The molecule has 0 aliphatic carbocycles. The van der Waals surface area contributed by atoms with E-state index >= 15 is 0 Å². The van der Waals surface area contributed by atoms with Gasteiger partial charge >= 0.3 is 0 Å². The van der Waals surface area contributed by atoms with E-state index in [1.807, 2.05) is 19.1 Å². The van der Waals surface area contributed by atoms with E-state index in [0.717, 1.165) is 34.5 Å². The molecule has 1 aromatic carbocycles. The van der Waals surface area contributed by atoms with Crippen molar-refractivity contribution in [3.8, 4) is 11.5 Å². The zero-order valence-corrected chi connectivity index (χ0v) is 10.5. The summed E-state index contributed by atoms with van der Waals surface area (Å²) in [6.45, 7) is 2.66. The number of benzene rings is 1. The standard InChI is InChI=1S/C13H18N2O2/c1-8-9(6-7-14)12-10(16-2)4-5-11(17-3)13(12)15-8/h4-5,15H,6-7,14H2,1-3H3. The van der Waals surface area contributed by atoms with Gasteiger partial charge in [-0.25, -0.2) is 0 Å². The zero-order valence-electron chi connectivity index (χ0n) is 10.5. The van der Waals surface area contributed by atoms with Crippen molar-refractivity contribution in [3.05, 3.63) is 23.4 Å². The Morgan fingerprint density at radius 3 is 2.41 bits per heavy atom. The molecule has 0 aliphatic rings. The van der Waals surface area contributed by atoms with E-state index < -0.39 is 0 Å². The number of hydrogen-bond acceptors (Lipinski definition) is 3. The van der Waals surface area contributed by atoms with Crippen LogP contribution in [0.4, 0.5) is 0 Å². The maximum atomic E-state index is 5.66. The third-order valence-electron chi connectivity index (χ3n) is 3.03. The number of nitrogens with one attached hydrogen (secondary N) is 1. The van der Waals surface area contributed by atoms with Crippen molar-refractivity contribution in [3.63, 3.8) is 0 Å². The Morgan fingerprint density at radius 2 is 1.82 bits per heavy atom. The fraction of sp³-hybridized carbons (Fsp3) is 0.385. The van der Waals surface area contributed by atoms with Gasteiger partial charge in [-0.3, -0.25) is 0 Å². The van der Waals surface area contributed by atoms with Crippen molar-refractivity contribution in [2.24, 2.45) is 5.73 Å². The van der Waals surface area contributed by atoms with E-state index in [-0.39, 0.29) is 0 Å². The number of H-pyrrole nitrogens is 1. The van der Waals surface area contributed by atoms with Crippen molar-refractivity contribution in [2.45, 2.75) is 13.3 Å². The fourth-order valence-corrected chi connectivity index (χ4v) is 2.24. The number of aryl methyl sites for hydroxylation is 1. The highest BCUT2D eigenvalue weighted by atomic mass is 16.5. The SMILES string of the molecule is COc1ccc(OC)c2c(CCN)c(C)[nH]c12. The normalized spacial score (nSPS) is 10.8. The molecule has 17 heavy (non-hydrogen) atoms. The monoisotopic (exact) mass is 234 g/mol. The summed E-state index contributed by atoms with van der Waals surface area (Å²) in [4.78, 5) is 3.35. The van der Waals surface area contributed by atoms with Crippen LogP contribution in [0, 0.1) is 6.92 Å². The number of rotatable bonds is 4. The molecule has 3 N–H and O–H groups in total. The number of aromatic nitrogens is 1. The molecule has 0 atom stereocenters. The zero-order chi connectivity index (χ0) is 12.4. The van der Waals surface area contributed by atoms with Crippen LogP contribution in [0.25, 0.3) is 10.9 Å². The minimum Gasteiger partial charge on any atom is -0.496 e. The van der Waals surface area contributed by atoms with Crippen LogP contribution in [-0.2, 0) is 6.42 Å². The van der Waals surface area contributed by atoms with Crippen molar-refractivity contribution >= 4 is 10.9 Å². The molecule has 1 heterocycles. The summed E-state index contributed by atoms with van der Waals surface area (Å²) < 4.78 is 10.8. The summed E-state index contributed by atoms with van der Waals surface area (Å²) in [7, 11) is 3.34. The van der Waals surface area contributed by atoms with E-state index in [2.05, 4.69) is 4.98 Å². The third-order valence-corrected chi connectivity index (χ3v) is 3.03. The highest BCUT2D eigenvalue weighted by molar-refractivity contribution is 5.94. The van der Waals surface area contributed by atoms with Crippen LogP contribution in [0.1, 0.15) is 11.3 Å². The van der Waals surface area contributed by atoms with Crippen LogP contribution in [0.3, 0.4) is 0 Å². The van der Waals surface area contributed by atoms with E-state index in [0.29, 0.717) is 6.54 Å². The highest BCUT2D eigenvalue weighted by Crippen LogP contribution is 2.36. The third kappa shape index (κ3) is 1.85. The second kappa shape index (κ2) is 4.67. The van der Waals surface area contributed by atoms with Crippen molar-refractivity contribution in [1.82, 2.24) is 4.98 Å². The molecular formula is C13H18N2O2. The fourth-order valence-electron chi connectivity index (χ4n) is 2.24. The summed E-state index contributed by atoms with van der Waals surface area (Å²) >= 11 is 0. The number of methoxy groups -OCH3 is 2. The van der Waals surface area contributed by atoms with Gasteiger partial charge in [0.05, 0.1) is 19.7 Å². The summed E-state index contributed by atoms with van der Waals surface area (Å²) in [5.41, 5.74) is 8.96. The Hall–Kier alpha value is -1.68. The highest BCUT2D eigenvalue weighted by Gasteiger charge is 2.15. The maximum absolute atomic E-state index is 5.66. The van der Waals surface area contributed by atoms with Gasteiger partial charge in [0.1, 0.15) is 11.5 Å². The molecule has 0 bridgehead atoms. The molecule has 4 heteroatoms. The molecule has 0 saturated carbocycles. The van der Waals surface area contributed by atoms with Gasteiger partial charge in [-0.15, -0.1) is 0 Å². The van der Waals surface area contributed by atoms with Crippen molar-refractivity contribution in [1.29, 1.82) is 0 Å². The minimum absolute atomic E-state index is 0.619. The Labute approximate surface area is 101 Å². The Balaban J connectivity index is 2.76. The molecular weight excluding hydrogens is 216 g/mol. The van der Waals surface area contributed by atoms with Gasteiger partial charge in [-0.1, -0.05) is 0 Å². The largest absolute Gasteiger partial charge is 0.496 e. The number of fused-ring (bicyclic) bond motifs is 1. The molecule has 0 fully saturated rings. The lowest BCUT2D eigenvalue weighted by Crippen LogP contribution is -2.03. The number of ether oxygens (including phenoxy) is 2. The number of nitrogens with two attached hydrogens (primary N) is 1. The number of hydrogen-bond donors (Lipinski definition) is 2. The summed E-state index contributed by atoms with van der Waals surface area (Å²) in [6, 6.07) is 3.83. The van der Waals surface area contributed by atoms with Crippen LogP contribution >= 0.6 is 0 Å².